The maximum Gasteiger partial charge on any atom is 0.335 e. The second-order valence-corrected chi connectivity index (χ2v) is 9.64. The number of carboxylic acid groups (broad SMARTS) is 1. The molecule has 1 unspecified atom stereocenters. The molecule has 2 aromatic rings. The molecule has 1 heterocycles. The van der Waals surface area contributed by atoms with Gasteiger partial charge in [-0.25, -0.2) is 9.18 Å². The van der Waals surface area contributed by atoms with E-state index in [1.807, 2.05) is 0 Å². The summed E-state index contributed by atoms with van der Waals surface area (Å²) in [6, 6.07) is 8.94. The van der Waals surface area contributed by atoms with Crippen molar-refractivity contribution in [2.24, 2.45) is 10.4 Å². The van der Waals surface area contributed by atoms with Crippen molar-refractivity contribution in [2.45, 2.75) is 38.1 Å². The van der Waals surface area contributed by atoms with Gasteiger partial charge in [-0.3, -0.25) is 9.79 Å². The number of piperidine rings is 1. The summed E-state index contributed by atoms with van der Waals surface area (Å²) < 4.78 is 14.6. The molecule has 35 heavy (non-hydrogen) atoms. The lowest BCUT2D eigenvalue weighted by Gasteiger charge is -2.25. The molecule has 1 aliphatic heterocycles. The van der Waals surface area contributed by atoms with Crippen LogP contribution < -0.4 is 10.6 Å². The number of aromatic carboxylic acids is 1. The van der Waals surface area contributed by atoms with E-state index in [1.54, 1.807) is 19.2 Å². The Bertz CT molecular complexity index is 1260. The number of ketones is 1. The molecule has 182 valence electrons. The first-order valence-electron chi connectivity index (χ1n) is 11.9. The van der Waals surface area contributed by atoms with Crippen LogP contribution in [-0.2, 0) is 17.6 Å². The molecular formula is C27H28FN3O4. The molecule has 1 saturated carbocycles. The first kappa shape index (κ1) is 23.2. The number of benzene rings is 2. The molecule has 2 fully saturated rings. The van der Waals surface area contributed by atoms with Crippen LogP contribution in [0.15, 0.2) is 52.7 Å². The number of fused-ring (bicyclic) bond motifs is 1. The van der Waals surface area contributed by atoms with Gasteiger partial charge in [-0.05, 0) is 73.2 Å². The third-order valence-electron chi connectivity index (χ3n) is 7.48. The predicted octanol–water partition coefficient (Wildman–Crippen LogP) is 3.68. The molecule has 1 atom stereocenters. The highest BCUT2D eigenvalue weighted by Crippen LogP contribution is 2.55. The zero-order chi connectivity index (χ0) is 24.7. The smallest absolute Gasteiger partial charge is 0.335 e. The van der Waals surface area contributed by atoms with E-state index in [2.05, 4.69) is 10.6 Å². The minimum absolute atomic E-state index is 0.0253. The standard InChI is InChI=1S/C27H28FN3O4/c1-29-20-12-17(28)11-19-18(20)13-22(33)24(21(32)10-15-2-4-16(5-3-15)26(34)35)25(19)31-23-14-27(23)6-8-30-9-7-27/h2-5,11-12,23,29-30,32H,6-10,13-14H2,1H3,(H,34,35). The predicted molar refractivity (Wildman–Crippen MR) is 131 cm³/mol. The number of allylic oxidation sites excluding steroid dienone is 2. The Hall–Kier alpha value is -3.52. The Morgan fingerprint density at radius 1 is 1.20 bits per heavy atom. The van der Waals surface area contributed by atoms with Crippen molar-refractivity contribution in [3.05, 3.63) is 75.8 Å². The topological polar surface area (TPSA) is 111 Å². The molecule has 1 saturated heterocycles. The van der Waals surface area contributed by atoms with Gasteiger partial charge >= 0.3 is 5.97 Å². The molecule has 0 aromatic heterocycles. The van der Waals surface area contributed by atoms with Crippen LogP contribution in [0.25, 0.3) is 0 Å². The summed E-state index contributed by atoms with van der Waals surface area (Å²) in [5, 5.41) is 26.6. The number of aliphatic imine (C=N–C) groups is 1. The summed E-state index contributed by atoms with van der Waals surface area (Å²) in [7, 11) is 1.69. The van der Waals surface area contributed by atoms with Crippen molar-refractivity contribution >= 4 is 23.2 Å². The number of aliphatic hydroxyl groups excluding tert-OH is 1. The van der Waals surface area contributed by atoms with Crippen LogP contribution in [-0.4, -0.2) is 53.9 Å². The van der Waals surface area contributed by atoms with Gasteiger partial charge in [0, 0.05) is 31.1 Å². The minimum atomic E-state index is -1.04. The highest BCUT2D eigenvalue weighted by molar-refractivity contribution is 6.32. The number of carbonyl (C=O) groups excluding carboxylic acids is 1. The lowest BCUT2D eigenvalue weighted by molar-refractivity contribution is -0.114. The van der Waals surface area contributed by atoms with E-state index < -0.39 is 11.8 Å². The van der Waals surface area contributed by atoms with Gasteiger partial charge in [-0.1, -0.05) is 12.1 Å². The molecule has 2 aromatic carbocycles. The van der Waals surface area contributed by atoms with Gasteiger partial charge in [0.05, 0.1) is 22.9 Å². The van der Waals surface area contributed by atoms with Crippen LogP contribution in [0.4, 0.5) is 10.1 Å². The van der Waals surface area contributed by atoms with E-state index in [0.29, 0.717) is 28.1 Å². The average Bonchev–Trinajstić information content (AvgIpc) is 3.49. The Labute approximate surface area is 202 Å². The second kappa shape index (κ2) is 8.92. The zero-order valence-electron chi connectivity index (χ0n) is 19.5. The number of rotatable bonds is 5. The number of halogens is 1. The Morgan fingerprint density at radius 3 is 2.57 bits per heavy atom. The number of hydrogen-bond donors (Lipinski definition) is 4. The van der Waals surface area contributed by atoms with Crippen molar-refractivity contribution in [1.82, 2.24) is 5.32 Å². The Balaban J connectivity index is 1.58. The lowest BCUT2D eigenvalue weighted by atomic mass is 9.82. The van der Waals surface area contributed by atoms with Gasteiger partial charge in [0.15, 0.2) is 5.78 Å². The van der Waals surface area contributed by atoms with Crippen molar-refractivity contribution in [3.63, 3.8) is 0 Å². The third kappa shape index (κ3) is 4.34. The van der Waals surface area contributed by atoms with Gasteiger partial charge in [-0.15, -0.1) is 0 Å². The number of Topliss-reactive ketones (excluding diaryl/α,β-unsaturated/α-hetero) is 1. The first-order valence-corrected chi connectivity index (χ1v) is 11.9. The van der Waals surface area contributed by atoms with E-state index in [0.717, 1.165) is 32.4 Å². The highest BCUT2D eigenvalue weighted by atomic mass is 19.1. The molecule has 1 spiro atoms. The van der Waals surface area contributed by atoms with Crippen LogP contribution in [0, 0.1) is 11.2 Å². The molecule has 7 nitrogen and oxygen atoms in total. The molecular weight excluding hydrogens is 449 g/mol. The van der Waals surface area contributed by atoms with E-state index in [4.69, 9.17) is 10.1 Å². The Morgan fingerprint density at radius 2 is 1.91 bits per heavy atom. The molecule has 0 amide bonds. The number of nitrogens with zero attached hydrogens (tertiary/aromatic N) is 1. The number of carbonyl (C=O) groups is 2. The van der Waals surface area contributed by atoms with E-state index in [9.17, 15) is 19.1 Å². The van der Waals surface area contributed by atoms with Gasteiger partial charge in [0.2, 0.25) is 0 Å². The minimum Gasteiger partial charge on any atom is -0.511 e. The van der Waals surface area contributed by atoms with Gasteiger partial charge < -0.3 is 20.8 Å². The number of nitrogens with one attached hydrogen (secondary N) is 2. The molecule has 0 bridgehead atoms. The second-order valence-electron chi connectivity index (χ2n) is 9.64. The maximum absolute atomic E-state index is 14.6. The fourth-order valence-electron chi connectivity index (χ4n) is 5.38. The lowest BCUT2D eigenvalue weighted by Crippen LogP contribution is -2.31. The quantitative estimate of drug-likeness (QED) is 0.386. The molecule has 0 radical (unpaired) electrons. The Kier molecular flexibility index (Phi) is 5.92. The average molecular weight is 478 g/mol. The van der Waals surface area contributed by atoms with Crippen LogP contribution in [0.2, 0.25) is 0 Å². The maximum atomic E-state index is 14.6. The molecule has 8 heteroatoms. The monoisotopic (exact) mass is 477 g/mol. The van der Waals surface area contributed by atoms with Gasteiger partial charge in [0.1, 0.15) is 11.6 Å². The SMILES string of the molecule is CNc1cc(F)cc2c1CC(=O)C(=C(O)Cc1ccc(C(=O)O)cc1)C2=NC1CC12CCNCC2. The van der Waals surface area contributed by atoms with Crippen molar-refractivity contribution in [3.8, 4) is 0 Å². The summed E-state index contributed by atoms with van der Waals surface area (Å²) in [5.41, 5.74) is 3.14. The van der Waals surface area contributed by atoms with Crippen LogP contribution in [0.5, 0.6) is 0 Å². The summed E-state index contributed by atoms with van der Waals surface area (Å²) in [6.07, 6.45) is 2.99. The van der Waals surface area contributed by atoms with Crippen molar-refractivity contribution in [2.75, 3.05) is 25.5 Å². The highest BCUT2D eigenvalue weighted by Gasteiger charge is 2.54. The first-order chi connectivity index (χ1) is 16.8. The largest absolute Gasteiger partial charge is 0.511 e. The van der Waals surface area contributed by atoms with Crippen molar-refractivity contribution in [1.29, 1.82) is 0 Å². The molecule has 2 aliphatic carbocycles. The van der Waals surface area contributed by atoms with Crippen LogP contribution in [0.1, 0.15) is 46.3 Å². The van der Waals surface area contributed by atoms with Crippen molar-refractivity contribution < 1.29 is 24.2 Å². The number of anilines is 1. The van der Waals surface area contributed by atoms with E-state index in [1.165, 1.54) is 24.3 Å². The molecule has 4 N–H and O–H groups in total. The van der Waals surface area contributed by atoms with Crippen LogP contribution in [0.3, 0.4) is 0 Å². The van der Waals surface area contributed by atoms with E-state index in [-0.39, 0.29) is 47.0 Å². The summed E-state index contributed by atoms with van der Waals surface area (Å²) in [6.45, 7) is 1.85. The third-order valence-corrected chi connectivity index (χ3v) is 7.48. The zero-order valence-corrected chi connectivity index (χ0v) is 19.5. The molecule has 5 rings (SSSR count). The number of aliphatic hydroxyl groups is 1. The number of carboxylic acids is 1. The fraction of sp³-hybridized carbons (Fsp3) is 0.370. The normalized spacial score (nSPS) is 23.2. The molecule has 3 aliphatic rings. The van der Waals surface area contributed by atoms with Crippen LogP contribution >= 0.6 is 0 Å². The summed E-state index contributed by atoms with van der Waals surface area (Å²) in [4.78, 5) is 29.5. The van der Waals surface area contributed by atoms with Gasteiger partial charge in [-0.2, -0.15) is 0 Å². The van der Waals surface area contributed by atoms with Gasteiger partial charge in [0.25, 0.3) is 0 Å². The summed E-state index contributed by atoms with van der Waals surface area (Å²) in [5.74, 6) is -1.88. The summed E-state index contributed by atoms with van der Waals surface area (Å²) >= 11 is 0. The number of hydrogen-bond acceptors (Lipinski definition) is 6. The van der Waals surface area contributed by atoms with E-state index >= 15 is 0 Å². The fourth-order valence-corrected chi connectivity index (χ4v) is 5.38.